The smallest absolute Gasteiger partial charge is 0.0596 e. The molecule has 1 heteroatoms. The maximum absolute atomic E-state index is 4.50. The molecule has 0 bridgehead atoms. The summed E-state index contributed by atoms with van der Waals surface area (Å²) in [6.45, 7) is 5.09. The predicted molar refractivity (Wildman–Crippen MR) is 70.1 cm³/mol. The zero-order valence-electron chi connectivity index (χ0n) is 9.85. The second-order valence-electron chi connectivity index (χ2n) is 4.49. The number of hydrogen-bond donors (Lipinski definition) is 0. The predicted octanol–water partition coefficient (Wildman–Crippen LogP) is 3.53. The van der Waals surface area contributed by atoms with E-state index in [-0.39, 0.29) is 5.41 Å². The molecule has 0 fully saturated rings. The molecule has 1 unspecified atom stereocenters. The molecule has 1 heterocycles. The molecular formula is C15H17N. The zero-order chi connectivity index (χ0) is 11.4. The van der Waals surface area contributed by atoms with Crippen LogP contribution in [-0.2, 0) is 5.41 Å². The van der Waals surface area contributed by atoms with Gasteiger partial charge >= 0.3 is 0 Å². The second kappa shape index (κ2) is 4.48. The first-order valence-electron chi connectivity index (χ1n) is 5.62. The summed E-state index contributed by atoms with van der Waals surface area (Å²) in [6.07, 6.45) is 8.52. The van der Waals surface area contributed by atoms with E-state index in [9.17, 15) is 0 Å². The Kier molecular flexibility index (Phi) is 3.04. The second-order valence-corrected chi connectivity index (χ2v) is 4.49. The Morgan fingerprint density at radius 1 is 1.19 bits per heavy atom. The van der Waals surface area contributed by atoms with E-state index < -0.39 is 0 Å². The van der Waals surface area contributed by atoms with Crippen LogP contribution in [0.4, 0.5) is 0 Å². The van der Waals surface area contributed by atoms with Gasteiger partial charge in [0.05, 0.1) is 6.54 Å². The quantitative estimate of drug-likeness (QED) is 0.674. The molecule has 0 saturated carbocycles. The highest BCUT2D eigenvalue weighted by Gasteiger charge is 2.20. The molecule has 0 N–H and O–H groups in total. The molecule has 0 aliphatic carbocycles. The van der Waals surface area contributed by atoms with E-state index >= 15 is 0 Å². The lowest BCUT2D eigenvalue weighted by Crippen LogP contribution is -2.21. The van der Waals surface area contributed by atoms with Crippen molar-refractivity contribution in [1.82, 2.24) is 0 Å². The van der Waals surface area contributed by atoms with Gasteiger partial charge in [-0.3, -0.25) is 4.99 Å². The minimum absolute atomic E-state index is 0.0849. The lowest BCUT2D eigenvalue weighted by molar-refractivity contribution is 0.819. The van der Waals surface area contributed by atoms with Crippen molar-refractivity contribution >= 4 is 6.21 Å². The van der Waals surface area contributed by atoms with E-state index in [1.165, 1.54) is 11.1 Å². The summed E-state index contributed by atoms with van der Waals surface area (Å²) in [5.74, 6) is 0. The Labute approximate surface area is 97.2 Å². The molecule has 1 aliphatic heterocycles. The van der Waals surface area contributed by atoms with Gasteiger partial charge in [-0.1, -0.05) is 54.1 Å². The first-order valence-corrected chi connectivity index (χ1v) is 5.62. The number of rotatable bonds is 1. The number of benzene rings is 1. The Hall–Kier alpha value is -1.63. The summed E-state index contributed by atoms with van der Waals surface area (Å²) in [5.41, 5.74) is 2.49. The number of allylic oxidation sites excluding steroid dienone is 3. The average Bonchev–Trinajstić information content (AvgIpc) is 2.28. The standard InChI is InChI=1S/C15H17N/c1-13-7-6-10-15(2,12-16-11-13)14-8-4-3-5-9-14/h3-10,12H,11H2,1-2H3/b10-6-,13-7?,16-12?. The lowest BCUT2D eigenvalue weighted by Gasteiger charge is -2.22. The molecule has 82 valence electrons. The maximum atomic E-state index is 4.50. The Balaban J connectivity index is 2.39. The summed E-state index contributed by atoms with van der Waals surface area (Å²) in [4.78, 5) is 4.50. The molecule has 16 heavy (non-hydrogen) atoms. The topological polar surface area (TPSA) is 12.4 Å². The van der Waals surface area contributed by atoms with Gasteiger partial charge in [-0.25, -0.2) is 0 Å². The SMILES string of the molecule is CC1=C/C=C\C(C)(c2ccccc2)C=NC1. The first kappa shape index (κ1) is 10.9. The van der Waals surface area contributed by atoms with Crippen molar-refractivity contribution in [2.45, 2.75) is 19.3 Å². The fourth-order valence-electron chi connectivity index (χ4n) is 1.86. The van der Waals surface area contributed by atoms with E-state index in [2.05, 4.69) is 67.5 Å². The van der Waals surface area contributed by atoms with Gasteiger partial charge in [-0.15, -0.1) is 0 Å². The molecule has 1 nitrogen and oxygen atoms in total. The minimum atomic E-state index is -0.0849. The van der Waals surface area contributed by atoms with Crippen LogP contribution in [0, 0.1) is 0 Å². The van der Waals surface area contributed by atoms with Crippen LogP contribution in [0.25, 0.3) is 0 Å². The average molecular weight is 211 g/mol. The van der Waals surface area contributed by atoms with Gasteiger partial charge < -0.3 is 0 Å². The molecule has 1 aromatic rings. The normalized spacial score (nSPS) is 26.8. The molecular weight excluding hydrogens is 194 g/mol. The summed E-state index contributed by atoms with van der Waals surface area (Å²) in [6, 6.07) is 10.5. The maximum Gasteiger partial charge on any atom is 0.0596 e. The monoisotopic (exact) mass is 211 g/mol. The first-order chi connectivity index (χ1) is 7.71. The van der Waals surface area contributed by atoms with Crippen molar-refractivity contribution < 1.29 is 0 Å². The zero-order valence-corrected chi connectivity index (χ0v) is 9.85. The van der Waals surface area contributed by atoms with Crippen LogP contribution in [0.3, 0.4) is 0 Å². The van der Waals surface area contributed by atoms with Gasteiger partial charge in [0.2, 0.25) is 0 Å². The summed E-state index contributed by atoms with van der Waals surface area (Å²) in [5, 5.41) is 0. The third-order valence-corrected chi connectivity index (χ3v) is 2.92. The van der Waals surface area contributed by atoms with Gasteiger partial charge in [0.1, 0.15) is 0 Å². The van der Waals surface area contributed by atoms with E-state index in [4.69, 9.17) is 0 Å². The highest BCUT2D eigenvalue weighted by molar-refractivity contribution is 5.76. The molecule has 0 spiro atoms. The Bertz CT molecular complexity index is 440. The van der Waals surface area contributed by atoms with Crippen LogP contribution >= 0.6 is 0 Å². The van der Waals surface area contributed by atoms with Crippen LogP contribution in [0.1, 0.15) is 19.4 Å². The summed E-state index contributed by atoms with van der Waals surface area (Å²) < 4.78 is 0. The molecule has 1 aliphatic rings. The van der Waals surface area contributed by atoms with Crippen LogP contribution in [0.2, 0.25) is 0 Å². The molecule has 1 aromatic carbocycles. The Morgan fingerprint density at radius 2 is 1.94 bits per heavy atom. The van der Waals surface area contributed by atoms with Crippen molar-refractivity contribution in [1.29, 1.82) is 0 Å². The van der Waals surface area contributed by atoms with Gasteiger partial charge in [-0.2, -0.15) is 0 Å². The van der Waals surface area contributed by atoms with Crippen LogP contribution in [0.5, 0.6) is 0 Å². The third kappa shape index (κ3) is 2.30. The van der Waals surface area contributed by atoms with Crippen molar-refractivity contribution in [2.24, 2.45) is 4.99 Å². The molecule has 0 aromatic heterocycles. The molecule has 0 amide bonds. The summed E-state index contributed by atoms with van der Waals surface area (Å²) in [7, 11) is 0. The Morgan fingerprint density at radius 3 is 2.69 bits per heavy atom. The van der Waals surface area contributed by atoms with Crippen LogP contribution in [-0.4, -0.2) is 12.8 Å². The highest BCUT2D eigenvalue weighted by Crippen LogP contribution is 2.24. The van der Waals surface area contributed by atoms with Crippen molar-refractivity contribution in [2.75, 3.05) is 6.54 Å². The van der Waals surface area contributed by atoms with Gasteiger partial charge in [0.15, 0.2) is 0 Å². The van der Waals surface area contributed by atoms with Gasteiger partial charge in [-0.05, 0) is 19.4 Å². The van der Waals surface area contributed by atoms with Crippen molar-refractivity contribution in [3.05, 3.63) is 59.7 Å². The van der Waals surface area contributed by atoms with E-state index in [1.54, 1.807) is 0 Å². The highest BCUT2D eigenvalue weighted by atomic mass is 14.7. The largest absolute Gasteiger partial charge is 0.292 e. The van der Waals surface area contributed by atoms with Crippen LogP contribution in [0.15, 0.2) is 59.1 Å². The van der Waals surface area contributed by atoms with E-state index in [1.807, 2.05) is 6.07 Å². The molecule has 0 radical (unpaired) electrons. The number of nitrogens with zero attached hydrogens (tertiary/aromatic N) is 1. The number of hydrogen-bond acceptors (Lipinski definition) is 1. The molecule has 1 atom stereocenters. The van der Waals surface area contributed by atoms with Crippen molar-refractivity contribution in [3.8, 4) is 0 Å². The van der Waals surface area contributed by atoms with Crippen molar-refractivity contribution in [3.63, 3.8) is 0 Å². The van der Waals surface area contributed by atoms with Gasteiger partial charge in [0.25, 0.3) is 0 Å². The molecule has 2 rings (SSSR count). The third-order valence-electron chi connectivity index (χ3n) is 2.92. The fraction of sp³-hybridized carbons (Fsp3) is 0.267. The van der Waals surface area contributed by atoms with Crippen LogP contribution < -0.4 is 0 Å². The molecule has 0 saturated heterocycles. The fourth-order valence-corrected chi connectivity index (χ4v) is 1.86. The van der Waals surface area contributed by atoms with E-state index in [0.29, 0.717) is 0 Å². The minimum Gasteiger partial charge on any atom is -0.292 e. The van der Waals surface area contributed by atoms with E-state index in [0.717, 1.165) is 6.54 Å². The summed E-state index contributed by atoms with van der Waals surface area (Å²) >= 11 is 0. The lowest BCUT2D eigenvalue weighted by atomic mass is 9.83. The van der Waals surface area contributed by atoms with Gasteiger partial charge in [0, 0.05) is 11.6 Å². The number of aliphatic imine (C=N–C) groups is 1.